The molecule has 0 bridgehead atoms. The van der Waals surface area contributed by atoms with E-state index in [9.17, 15) is 9.59 Å². The molecule has 1 unspecified atom stereocenters. The third-order valence-corrected chi connectivity index (χ3v) is 6.13. The third-order valence-electron chi connectivity index (χ3n) is 6.13. The van der Waals surface area contributed by atoms with E-state index in [4.69, 9.17) is 4.74 Å². The van der Waals surface area contributed by atoms with Gasteiger partial charge in [0.1, 0.15) is 5.54 Å². The van der Waals surface area contributed by atoms with Crippen LogP contribution in [0.4, 0.5) is 0 Å². The van der Waals surface area contributed by atoms with Gasteiger partial charge in [-0.3, -0.25) is 9.59 Å². The largest absolute Gasteiger partial charge is 0.384 e. The number of hydrogen-bond acceptors (Lipinski definition) is 4. The van der Waals surface area contributed by atoms with Crippen LogP contribution in [0.1, 0.15) is 43.0 Å². The molecule has 3 rings (SSSR count). The molecule has 0 aliphatic carbocycles. The summed E-state index contributed by atoms with van der Waals surface area (Å²) >= 11 is 0. The molecule has 1 aromatic carbocycles. The van der Waals surface area contributed by atoms with Crippen molar-refractivity contribution >= 4 is 11.8 Å². The van der Waals surface area contributed by atoms with E-state index in [0.717, 1.165) is 32.4 Å². The maximum atomic E-state index is 13.1. The summed E-state index contributed by atoms with van der Waals surface area (Å²) in [5, 5.41) is 6.52. The third kappa shape index (κ3) is 4.17. The number of hydrogen-bond donors (Lipinski definition) is 2. The number of methoxy groups -OCH3 is 1. The monoisotopic (exact) mass is 373 g/mol. The van der Waals surface area contributed by atoms with Gasteiger partial charge in [0.2, 0.25) is 5.91 Å². The van der Waals surface area contributed by atoms with Crippen LogP contribution in [0.2, 0.25) is 0 Å². The quantitative estimate of drug-likeness (QED) is 0.798. The molecule has 2 amide bonds. The Hall–Kier alpha value is -1.92. The summed E-state index contributed by atoms with van der Waals surface area (Å²) in [5.41, 5.74) is -0.194. The fourth-order valence-electron chi connectivity index (χ4n) is 4.36. The van der Waals surface area contributed by atoms with Gasteiger partial charge in [-0.05, 0) is 57.8 Å². The van der Waals surface area contributed by atoms with Crippen LogP contribution in [0, 0.1) is 5.41 Å². The molecular formula is C21H31N3O3. The summed E-state index contributed by atoms with van der Waals surface area (Å²) in [4.78, 5) is 27.8. The predicted molar refractivity (Wildman–Crippen MR) is 105 cm³/mol. The average molecular weight is 373 g/mol. The Labute approximate surface area is 161 Å². The highest BCUT2D eigenvalue weighted by atomic mass is 16.5. The highest BCUT2D eigenvalue weighted by Crippen LogP contribution is 2.32. The van der Waals surface area contributed by atoms with E-state index in [-0.39, 0.29) is 17.2 Å². The van der Waals surface area contributed by atoms with Crippen molar-refractivity contribution in [2.45, 2.75) is 38.1 Å². The maximum absolute atomic E-state index is 13.1. The van der Waals surface area contributed by atoms with Crippen LogP contribution in [0.15, 0.2) is 30.3 Å². The van der Waals surface area contributed by atoms with Crippen molar-refractivity contribution in [2.75, 3.05) is 39.9 Å². The highest BCUT2D eigenvalue weighted by Gasteiger charge is 2.46. The van der Waals surface area contributed by atoms with Crippen LogP contribution in [-0.2, 0) is 9.53 Å². The standard InChI is InChI=1S/C21H31N3O3/c1-20(9-6-14-24(20)18(25)17-7-4-3-5-8-17)19(26)23-15-21(16-27-2)10-12-22-13-11-21/h3-5,7-8,22H,6,9-16H2,1-2H3,(H,23,26). The lowest BCUT2D eigenvalue weighted by molar-refractivity contribution is -0.130. The molecular weight excluding hydrogens is 342 g/mol. The van der Waals surface area contributed by atoms with Crippen LogP contribution in [0.3, 0.4) is 0 Å². The first-order valence-electron chi connectivity index (χ1n) is 9.86. The fraction of sp³-hybridized carbons (Fsp3) is 0.619. The summed E-state index contributed by atoms with van der Waals surface area (Å²) in [5.74, 6) is -0.127. The van der Waals surface area contributed by atoms with Crippen LogP contribution in [0.5, 0.6) is 0 Å². The Kier molecular flexibility index (Phi) is 6.17. The zero-order chi connectivity index (χ0) is 19.3. The number of likely N-dealkylation sites (tertiary alicyclic amines) is 1. The molecule has 0 aromatic heterocycles. The summed E-state index contributed by atoms with van der Waals surface area (Å²) < 4.78 is 5.44. The molecule has 2 fully saturated rings. The molecule has 0 spiro atoms. The first-order chi connectivity index (χ1) is 13.0. The Morgan fingerprint density at radius 3 is 2.56 bits per heavy atom. The van der Waals surface area contributed by atoms with E-state index in [1.165, 1.54) is 0 Å². The maximum Gasteiger partial charge on any atom is 0.254 e. The van der Waals surface area contributed by atoms with E-state index in [2.05, 4.69) is 10.6 Å². The Morgan fingerprint density at radius 2 is 1.89 bits per heavy atom. The Bertz CT molecular complexity index is 652. The lowest BCUT2D eigenvalue weighted by atomic mass is 9.79. The van der Waals surface area contributed by atoms with Gasteiger partial charge in [-0.15, -0.1) is 0 Å². The molecule has 2 N–H and O–H groups in total. The minimum absolute atomic E-state index is 0.0289. The fourth-order valence-corrected chi connectivity index (χ4v) is 4.36. The molecule has 1 aromatic rings. The second kappa shape index (κ2) is 8.40. The molecule has 0 radical (unpaired) electrons. The van der Waals surface area contributed by atoms with Crippen molar-refractivity contribution in [3.05, 3.63) is 35.9 Å². The first kappa shape index (κ1) is 19.8. The number of amides is 2. The summed E-state index contributed by atoms with van der Waals surface area (Å²) in [6.07, 6.45) is 3.49. The topological polar surface area (TPSA) is 70.7 Å². The predicted octanol–water partition coefficient (Wildman–Crippen LogP) is 1.81. The second-order valence-electron chi connectivity index (χ2n) is 8.07. The summed E-state index contributed by atoms with van der Waals surface area (Å²) in [6, 6.07) is 9.21. The van der Waals surface area contributed by atoms with Crippen molar-refractivity contribution in [3.63, 3.8) is 0 Å². The molecule has 2 saturated heterocycles. The first-order valence-corrected chi connectivity index (χ1v) is 9.86. The zero-order valence-electron chi connectivity index (χ0n) is 16.4. The number of rotatable bonds is 6. The van der Waals surface area contributed by atoms with Gasteiger partial charge in [0.05, 0.1) is 6.61 Å². The molecule has 6 nitrogen and oxygen atoms in total. The number of nitrogens with one attached hydrogen (secondary N) is 2. The van der Waals surface area contributed by atoms with Gasteiger partial charge in [-0.2, -0.15) is 0 Å². The van der Waals surface area contributed by atoms with Crippen LogP contribution >= 0.6 is 0 Å². The number of benzene rings is 1. The number of piperidine rings is 1. The van der Waals surface area contributed by atoms with Crippen molar-refractivity contribution in [2.24, 2.45) is 5.41 Å². The van der Waals surface area contributed by atoms with E-state index < -0.39 is 5.54 Å². The molecule has 1 atom stereocenters. The van der Waals surface area contributed by atoms with Gasteiger partial charge in [0, 0.05) is 31.2 Å². The van der Waals surface area contributed by atoms with Crippen molar-refractivity contribution in [1.29, 1.82) is 0 Å². The van der Waals surface area contributed by atoms with E-state index in [1.807, 2.05) is 37.3 Å². The van der Waals surface area contributed by atoms with Gasteiger partial charge in [-0.25, -0.2) is 0 Å². The number of carbonyl (C=O) groups excluding carboxylic acids is 2. The Morgan fingerprint density at radius 1 is 1.19 bits per heavy atom. The summed E-state index contributed by atoms with van der Waals surface area (Å²) in [7, 11) is 1.71. The van der Waals surface area contributed by atoms with Crippen LogP contribution in [0.25, 0.3) is 0 Å². The minimum atomic E-state index is -0.798. The lowest BCUT2D eigenvalue weighted by Crippen LogP contribution is -2.57. The van der Waals surface area contributed by atoms with Crippen LogP contribution < -0.4 is 10.6 Å². The molecule has 2 aliphatic rings. The SMILES string of the molecule is COCC1(CNC(=O)C2(C)CCCN2C(=O)c2ccccc2)CCNCC1. The zero-order valence-corrected chi connectivity index (χ0v) is 16.4. The molecule has 27 heavy (non-hydrogen) atoms. The number of nitrogens with zero attached hydrogens (tertiary/aromatic N) is 1. The molecule has 148 valence electrons. The molecule has 6 heteroatoms. The number of ether oxygens (including phenoxy) is 1. The molecule has 2 heterocycles. The second-order valence-corrected chi connectivity index (χ2v) is 8.07. The minimum Gasteiger partial charge on any atom is -0.384 e. The normalized spacial score (nSPS) is 24.6. The van der Waals surface area contributed by atoms with Gasteiger partial charge in [0.25, 0.3) is 5.91 Å². The van der Waals surface area contributed by atoms with E-state index in [0.29, 0.717) is 31.7 Å². The lowest BCUT2D eigenvalue weighted by Gasteiger charge is -2.39. The van der Waals surface area contributed by atoms with Gasteiger partial charge in [0.15, 0.2) is 0 Å². The highest BCUT2D eigenvalue weighted by molar-refractivity contribution is 5.99. The van der Waals surface area contributed by atoms with Crippen molar-refractivity contribution < 1.29 is 14.3 Å². The van der Waals surface area contributed by atoms with Gasteiger partial charge >= 0.3 is 0 Å². The average Bonchev–Trinajstić information content (AvgIpc) is 3.10. The smallest absolute Gasteiger partial charge is 0.254 e. The molecule has 2 aliphatic heterocycles. The summed E-state index contributed by atoms with van der Waals surface area (Å²) in [6.45, 7) is 5.61. The Balaban J connectivity index is 1.69. The van der Waals surface area contributed by atoms with Gasteiger partial charge < -0.3 is 20.3 Å². The van der Waals surface area contributed by atoms with E-state index >= 15 is 0 Å². The number of carbonyl (C=O) groups is 2. The van der Waals surface area contributed by atoms with Crippen LogP contribution in [-0.4, -0.2) is 62.1 Å². The van der Waals surface area contributed by atoms with Crippen molar-refractivity contribution in [3.8, 4) is 0 Å². The van der Waals surface area contributed by atoms with Gasteiger partial charge in [-0.1, -0.05) is 18.2 Å². The van der Waals surface area contributed by atoms with Crippen molar-refractivity contribution in [1.82, 2.24) is 15.5 Å². The molecule has 0 saturated carbocycles. The van der Waals surface area contributed by atoms with E-state index in [1.54, 1.807) is 12.0 Å².